The van der Waals surface area contributed by atoms with Gasteiger partial charge in [0.25, 0.3) is 5.56 Å². The number of hydrogen-bond acceptors (Lipinski definition) is 6. The molecule has 0 atom stereocenters. The van der Waals surface area contributed by atoms with Gasteiger partial charge in [-0.3, -0.25) is 9.20 Å². The number of aliphatic hydroxyl groups is 1. The summed E-state index contributed by atoms with van der Waals surface area (Å²) in [6.45, 7) is 4.85. The van der Waals surface area contributed by atoms with E-state index < -0.39 is 0 Å². The van der Waals surface area contributed by atoms with Gasteiger partial charge in [-0.1, -0.05) is 36.0 Å². The number of para-hydroxylation sites is 1. The molecule has 0 aliphatic rings. The Morgan fingerprint density at radius 3 is 2.72 bits per heavy atom. The second-order valence-electron chi connectivity index (χ2n) is 6.68. The monoisotopic (exact) mass is 410 g/mol. The van der Waals surface area contributed by atoms with E-state index in [1.165, 1.54) is 11.8 Å². The Balaban J connectivity index is 1.91. The summed E-state index contributed by atoms with van der Waals surface area (Å²) in [5, 5.41) is 18.9. The largest absolute Gasteiger partial charge is 0.394 e. The molecule has 0 fully saturated rings. The number of fused-ring (bicyclic) bond motifs is 3. The number of aliphatic hydroxyl groups excluding tert-OH is 1. The van der Waals surface area contributed by atoms with Crippen LogP contribution in [0.4, 0.5) is 0 Å². The summed E-state index contributed by atoms with van der Waals surface area (Å²) in [6.07, 6.45) is 0. The molecule has 0 saturated heterocycles. The third-order valence-electron chi connectivity index (χ3n) is 4.91. The number of hydrogen-bond donors (Lipinski definition) is 1. The van der Waals surface area contributed by atoms with E-state index in [2.05, 4.69) is 10.2 Å². The maximum absolute atomic E-state index is 13.4. The quantitative estimate of drug-likeness (QED) is 0.373. The Labute approximate surface area is 172 Å². The summed E-state index contributed by atoms with van der Waals surface area (Å²) >= 11 is 1.51. The van der Waals surface area contributed by atoms with Crippen LogP contribution in [0.3, 0.4) is 0 Å². The van der Waals surface area contributed by atoms with Crippen LogP contribution in [0.1, 0.15) is 11.1 Å². The highest BCUT2D eigenvalue weighted by atomic mass is 32.2. The minimum absolute atomic E-state index is 0.00525. The van der Waals surface area contributed by atoms with Crippen LogP contribution in [0, 0.1) is 13.8 Å². The number of benzene rings is 2. The van der Waals surface area contributed by atoms with Crippen LogP contribution < -0.4 is 5.56 Å². The van der Waals surface area contributed by atoms with E-state index in [0.29, 0.717) is 35.3 Å². The Morgan fingerprint density at radius 1 is 1.07 bits per heavy atom. The Hall–Kier alpha value is -2.68. The zero-order valence-corrected chi connectivity index (χ0v) is 17.1. The molecule has 0 saturated carbocycles. The van der Waals surface area contributed by atoms with Crippen LogP contribution in [0.5, 0.6) is 0 Å². The van der Waals surface area contributed by atoms with Gasteiger partial charge in [0, 0.05) is 5.75 Å². The number of ether oxygens (including phenoxy) is 1. The van der Waals surface area contributed by atoms with Gasteiger partial charge in [0.15, 0.2) is 5.16 Å². The van der Waals surface area contributed by atoms with Gasteiger partial charge >= 0.3 is 0 Å². The summed E-state index contributed by atoms with van der Waals surface area (Å²) in [5.74, 6) is 1.15. The number of aromatic nitrogens is 4. The van der Waals surface area contributed by atoms with Crippen molar-refractivity contribution < 1.29 is 9.84 Å². The molecule has 0 amide bonds. The lowest BCUT2D eigenvalue weighted by atomic mass is 10.1. The highest BCUT2D eigenvalue weighted by molar-refractivity contribution is 7.99. The van der Waals surface area contributed by atoms with Crippen molar-refractivity contribution in [2.45, 2.75) is 19.0 Å². The van der Waals surface area contributed by atoms with Crippen molar-refractivity contribution >= 4 is 28.4 Å². The molecule has 150 valence electrons. The van der Waals surface area contributed by atoms with Crippen molar-refractivity contribution in [2.75, 3.05) is 25.6 Å². The van der Waals surface area contributed by atoms with E-state index in [1.807, 2.05) is 60.7 Å². The molecule has 0 unspecified atom stereocenters. The number of nitrogens with zero attached hydrogens (tertiary/aromatic N) is 4. The van der Waals surface area contributed by atoms with E-state index in [-0.39, 0.29) is 12.2 Å². The van der Waals surface area contributed by atoms with Gasteiger partial charge in [-0.25, -0.2) is 4.57 Å². The van der Waals surface area contributed by atoms with Gasteiger partial charge in [-0.05, 0) is 43.2 Å². The first-order valence-corrected chi connectivity index (χ1v) is 10.4. The minimum Gasteiger partial charge on any atom is -0.394 e. The van der Waals surface area contributed by atoms with Crippen molar-refractivity contribution in [1.82, 2.24) is 19.2 Å². The predicted molar refractivity (Wildman–Crippen MR) is 114 cm³/mol. The van der Waals surface area contributed by atoms with Crippen LogP contribution in [0.15, 0.2) is 52.4 Å². The lowest BCUT2D eigenvalue weighted by Gasteiger charge is -2.14. The SMILES string of the molecule is Cc1cccc(-n2c(=O)c3ccccc3n3c(SCCOCCO)nnc23)c1C. The molecular formula is C21H22N4O3S. The molecule has 2 heterocycles. The lowest BCUT2D eigenvalue weighted by Crippen LogP contribution is -2.22. The Kier molecular flexibility index (Phi) is 5.66. The predicted octanol–water partition coefficient (Wildman–Crippen LogP) is 2.75. The highest BCUT2D eigenvalue weighted by Gasteiger charge is 2.19. The molecule has 0 bridgehead atoms. The topological polar surface area (TPSA) is 81.7 Å². The minimum atomic E-state index is -0.114. The first-order valence-electron chi connectivity index (χ1n) is 9.40. The maximum Gasteiger partial charge on any atom is 0.267 e. The fourth-order valence-corrected chi connectivity index (χ4v) is 4.12. The van der Waals surface area contributed by atoms with E-state index in [0.717, 1.165) is 22.3 Å². The molecule has 0 aliphatic heterocycles. The molecule has 2 aromatic carbocycles. The molecule has 2 aromatic heterocycles. The van der Waals surface area contributed by atoms with Gasteiger partial charge in [0.2, 0.25) is 5.78 Å². The summed E-state index contributed by atoms with van der Waals surface area (Å²) in [6, 6.07) is 13.4. The van der Waals surface area contributed by atoms with Crippen molar-refractivity contribution in [1.29, 1.82) is 0 Å². The second-order valence-corrected chi connectivity index (χ2v) is 7.74. The first-order chi connectivity index (χ1) is 14.1. The van der Waals surface area contributed by atoms with Gasteiger partial charge in [0.1, 0.15) is 0 Å². The Bertz CT molecular complexity index is 1230. The van der Waals surface area contributed by atoms with Gasteiger partial charge in [-0.2, -0.15) is 0 Å². The zero-order valence-electron chi connectivity index (χ0n) is 16.3. The summed E-state index contributed by atoms with van der Waals surface area (Å²) < 4.78 is 8.91. The van der Waals surface area contributed by atoms with Crippen LogP contribution in [0.2, 0.25) is 0 Å². The average Bonchev–Trinajstić information content (AvgIpc) is 3.15. The first kappa shape index (κ1) is 19.6. The zero-order chi connectivity index (χ0) is 20.4. The molecule has 0 aliphatic carbocycles. The molecule has 7 nitrogen and oxygen atoms in total. The van der Waals surface area contributed by atoms with E-state index in [9.17, 15) is 4.79 Å². The summed E-state index contributed by atoms with van der Waals surface area (Å²) in [4.78, 5) is 13.4. The maximum atomic E-state index is 13.4. The van der Waals surface area contributed by atoms with Crippen LogP contribution in [-0.4, -0.2) is 49.8 Å². The number of aryl methyl sites for hydroxylation is 1. The molecule has 1 N–H and O–H groups in total. The Morgan fingerprint density at radius 2 is 1.90 bits per heavy atom. The third kappa shape index (κ3) is 3.55. The van der Waals surface area contributed by atoms with Gasteiger partial charge < -0.3 is 9.84 Å². The van der Waals surface area contributed by atoms with E-state index in [1.54, 1.807) is 4.57 Å². The van der Waals surface area contributed by atoms with E-state index >= 15 is 0 Å². The molecule has 8 heteroatoms. The average molecular weight is 410 g/mol. The fourth-order valence-electron chi connectivity index (χ4n) is 3.33. The van der Waals surface area contributed by atoms with Crippen LogP contribution in [0.25, 0.3) is 22.4 Å². The second kappa shape index (κ2) is 8.36. The van der Waals surface area contributed by atoms with Crippen LogP contribution >= 0.6 is 11.8 Å². The molecule has 0 spiro atoms. The van der Waals surface area contributed by atoms with Crippen LogP contribution in [-0.2, 0) is 4.74 Å². The summed E-state index contributed by atoms with van der Waals surface area (Å²) in [5.41, 5.74) is 3.60. The lowest BCUT2D eigenvalue weighted by molar-refractivity contribution is 0.103. The summed E-state index contributed by atoms with van der Waals surface area (Å²) in [7, 11) is 0. The fraction of sp³-hybridized carbons (Fsp3) is 0.286. The van der Waals surface area contributed by atoms with Crippen molar-refractivity contribution in [3.63, 3.8) is 0 Å². The molecule has 4 rings (SSSR count). The normalized spacial score (nSPS) is 11.6. The third-order valence-corrected chi connectivity index (χ3v) is 5.80. The molecular weight excluding hydrogens is 388 g/mol. The molecule has 29 heavy (non-hydrogen) atoms. The molecule has 4 aromatic rings. The van der Waals surface area contributed by atoms with Gasteiger partial charge in [0.05, 0.1) is 36.4 Å². The van der Waals surface area contributed by atoms with Crippen molar-refractivity contribution in [3.05, 3.63) is 63.9 Å². The smallest absolute Gasteiger partial charge is 0.267 e. The standard InChI is InChI=1S/C21H22N4O3S/c1-14-6-5-9-17(15(14)2)24-19(27)16-7-3-4-8-18(16)25-20(24)22-23-21(25)29-13-12-28-11-10-26/h3-9,26H,10-13H2,1-2H3. The van der Waals surface area contributed by atoms with Crippen molar-refractivity contribution in [2.24, 2.45) is 0 Å². The molecule has 0 radical (unpaired) electrons. The number of thioether (sulfide) groups is 1. The highest BCUT2D eigenvalue weighted by Crippen LogP contribution is 2.24. The van der Waals surface area contributed by atoms with Crippen molar-refractivity contribution in [3.8, 4) is 5.69 Å². The number of rotatable bonds is 7. The van der Waals surface area contributed by atoms with Gasteiger partial charge in [-0.15, -0.1) is 10.2 Å². The van der Waals surface area contributed by atoms with E-state index in [4.69, 9.17) is 9.84 Å².